The van der Waals surface area contributed by atoms with Gasteiger partial charge in [-0.1, -0.05) is 6.92 Å². The molecule has 76 valence electrons. The van der Waals surface area contributed by atoms with E-state index in [9.17, 15) is 9.59 Å². The van der Waals surface area contributed by atoms with Crippen molar-refractivity contribution in [3.05, 3.63) is 0 Å². The molecule has 0 rings (SSSR count). The smallest absolute Gasteiger partial charge is 0.325 e. The van der Waals surface area contributed by atoms with Crippen LogP contribution < -0.4 is 0 Å². The Labute approximate surface area is 82.8 Å². The molecule has 0 unspecified atom stereocenters. The lowest BCUT2D eigenvalue weighted by molar-refractivity contribution is -0.146. The molecule has 0 saturated heterocycles. The average molecular weight is 208 g/mol. The molecule has 0 radical (unpaired) electrons. The molecule has 0 aliphatic heterocycles. The van der Waals surface area contributed by atoms with E-state index in [1.165, 1.54) is 12.0 Å². The number of halogens is 1. The van der Waals surface area contributed by atoms with Crippen LogP contribution in [-0.2, 0) is 14.3 Å². The summed E-state index contributed by atoms with van der Waals surface area (Å²) < 4.78 is 4.45. The molecule has 0 saturated carbocycles. The van der Waals surface area contributed by atoms with Crippen molar-refractivity contribution in [3.63, 3.8) is 0 Å². The maximum atomic E-state index is 11.1. The average Bonchev–Trinajstić information content (AvgIpc) is 2.15. The van der Waals surface area contributed by atoms with E-state index < -0.39 is 5.97 Å². The van der Waals surface area contributed by atoms with Gasteiger partial charge in [0.25, 0.3) is 0 Å². The molecule has 1 amide bonds. The van der Waals surface area contributed by atoms with Crippen molar-refractivity contribution in [2.75, 3.05) is 26.1 Å². The summed E-state index contributed by atoms with van der Waals surface area (Å²) >= 11 is 5.37. The summed E-state index contributed by atoms with van der Waals surface area (Å²) in [5, 5.41) is 0. The lowest BCUT2D eigenvalue weighted by Gasteiger charge is -2.19. The minimum absolute atomic E-state index is 0.0180. The third kappa shape index (κ3) is 4.72. The first kappa shape index (κ1) is 12.2. The molecular weight excluding hydrogens is 194 g/mol. The maximum absolute atomic E-state index is 11.1. The van der Waals surface area contributed by atoms with Crippen molar-refractivity contribution in [3.8, 4) is 0 Å². The van der Waals surface area contributed by atoms with E-state index in [4.69, 9.17) is 11.6 Å². The number of ether oxygens (including phenoxy) is 1. The van der Waals surface area contributed by atoms with Gasteiger partial charge < -0.3 is 9.64 Å². The maximum Gasteiger partial charge on any atom is 0.325 e. The Morgan fingerprint density at radius 3 is 2.46 bits per heavy atom. The van der Waals surface area contributed by atoms with Crippen LogP contribution in [0.2, 0.25) is 0 Å². The fourth-order valence-corrected chi connectivity index (χ4v) is 1.04. The second kappa shape index (κ2) is 6.71. The molecule has 0 aromatic carbocycles. The van der Waals surface area contributed by atoms with Gasteiger partial charge in [0.05, 0.1) is 7.11 Å². The van der Waals surface area contributed by atoms with E-state index in [0.29, 0.717) is 6.54 Å². The molecular formula is C8H14ClNO3. The molecule has 4 nitrogen and oxygen atoms in total. The summed E-state index contributed by atoms with van der Waals surface area (Å²) in [4.78, 5) is 23.4. The number of carbonyl (C=O) groups excluding carboxylic acids is 2. The fraction of sp³-hybridized carbons (Fsp3) is 0.750. The standard InChI is InChI=1S/C8H14ClNO3/c1-3-4-10(7(11)5-9)6-8(12)13-2/h3-6H2,1-2H3. The summed E-state index contributed by atoms with van der Waals surface area (Å²) in [7, 11) is 1.29. The predicted molar refractivity (Wildman–Crippen MR) is 49.6 cm³/mol. The van der Waals surface area contributed by atoms with Gasteiger partial charge in [0.1, 0.15) is 12.4 Å². The van der Waals surface area contributed by atoms with Crippen LogP contribution in [0.5, 0.6) is 0 Å². The first-order valence-corrected chi connectivity index (χ1v) is 4.59. The van der Waals surface area contributed by atoms with E-state index in [1.54, 1.807) is 0 Å². The van der Waals surface area contributed by atoms with E-state index in [-0.39, 0.29) is 18.3 Å². The van der Waals surface area contributed by atoms with Crippen LogP contribution in [0, 0.1) is 0 Å². The van der Waals surface area contributed by atoms with Crippen molar-refractivity contribution >= 4 is 23.5 Å². The predicted octanol–water partition coefficient (Wildman–Crippen LogP) is 0.637. The van der Waals surface area contributed by atoms with Crippen LogP contribution in [0.1, 0.15) is 13.3 Å². The third-order valence-electron chi connectivity index (χ3n) is 1.51. The van der Waals surface area contributed by atoms with Crippen LogP contribution in [0.4, 0.5) is 0 Å². The number of alkyl halides is 1. The molecule has 0 heterocycles. The van der Waals surface area contributed by atoms with Crippen molar-refractivity contribution in [2.45, 2.75) is 13.3 Å². The Bertz CT molecular complexity index is 184. The molecule has 0 atom stereocenters. The number of amides is 1. The molecule has 0 aliphatic carbocycles. The van der Waals surface area contributed by atoms with Gasteiger partial charge in [0, 0.05) is 6.54 Å². The van der Waals surface area contributed by atoms with Crippen LogP contribution in [-0.4, -0.2) is 42.9 Å². The normalized spacial score (nSPS) is 9.46. The molecule has 0 aromatic rings. The summed E-state index contributed by atoms with van der Waals surface area (Å²) in [5.41, 5.74) is 0. The summed E-state index contributed by atoms with van der Waals surface area (Å²) in [6.45, 7) is 2.43. The quantitative estimate of drug-likeness (QED) is 0.491. The number of hydrogen-bond acceptors (Lipinski definition) is 3. The Balaban J connectivity index is 4.08. The first-order chi connectivity index (χ1) is 6.15. The number of esters is 1. The third-order valence-corrected chi connectivity index (χ3v) is 1.74. The van der Waals surface area contributed by atoms with Crippen LogP contribution >= 0.6 is 11.6 Å². The molecule has 0 aliphatic rings. The molecule has 0 fully saturated rings. The van der Waals surface area contributed by atoms with Crippen LogP contribution in [0.3, 0.4) is 0 Å². The number of nitrogens with zero attached hydrogens (tertiary/aromatic N) is 1. The van der Waals surface area contributed by atoms with Gasteiger partial charge in [-0.25, -0.2) is 0 Å². The zero-order chi connectivity index (χ0) is 10.3. The SMILES string of the molecule is CCCN(CC(=O)OC)C(=O)CCl. The van der Waals surface area contributed by atoms with Crippen molar-refractivity contribution in [2.24, 2.45) is 0 Å². The molecule has 0 aromatic heterocycles. The van der Waals surface area contributed by atoms with Crippen LogP contribution in [0.15, 0.2) is 0 Å². The highest BCUT2D eigenvalue weighted by atomic mass is 35.5. The molecule has 0 bridgehead atoms. The second-order valence-electron chi connectivity index (χ2n) is 2.53. The summed E-state index contributed by atoms with van der Waals surface area (Å²) in [5.74, 6) is -0.766. The van der Waals surface area contributed by atoms with Crippen molar-refractivity contribution < 1.29 is 14.3 Å². The van der Waals surface area contributed by atoms with Crippen LogP contribution in [0.25, 0.3) is 0 Å². The molecule has 0 N–H and O–H groups in total. The Kier molecular flexibility index (Phi) is 6.32. The number of methoxy groups -OCH3 is 1. The monoisotopic (exact) mass is 207 g/mol. The minimum Gasteiger partial charge on any atom is -0.468 e. The van der Waals surface area contributed by atoms with E-state index in [1.807, 2.05) is 6.92 Å². The van der Waals surface area contributed by atoms with Crippen molar-refractivity contribution in [1.82, 2.24) is 4.90 Å². The molecule has 5 heteroatoms. The summed E-state index contributed by atoms with van der Waals surface area (Å²) in [6.07, 6.45) is 0.791. The van der Waals surface area contributed by atoms with Gasteiger partial charge in [-0.05, 0) is 6.42 Å². The zero-order valence-electron chi connectivity index (χ0n) is 7.88. The fourth-order valence-electron chi connectivity index (χ4n) is 0.867. The van der Waals surface area contributed by atoms with Gasteiger partial charge in [-0.2, -0.15) is 0 Å². The van der Waals surface area contributed by atoms with E-state index in [0.717, 1.165) is 6.42 Å². The lowest BCUT2D eigenvalue weighted by Crippen LogP contribution is -2.37. The number of carbonyl (C=O) groups is 2. The lowest BCUT2D eigenvalue weighted by atomic mass is 10.4. The van der Waals surface area contributed by atoms with Gasteiger partial charge in [-0.3, -0.25) is 9.59 Å². The topological polar surface area (TPSA) is 46.6 Å². The zero-order valence-corrected chi connectivity index (χ0v) is 8.63. The Morgan fingerprint density at radius 1 is 1.46 bits per heavy atom. The summed E-state index contributed by atoms with van der Waals surface area (Å²) in [6, 6.07) is 0. The highest BCUT2D eigenvalue weighted by Crippen LogP contribution is 1.95. The largest absolute Gasteiger partial charge is 0.468 e. The number of rotatable bonds is 5. The van der Waals surface area contributed by atoms with Gasteiger partial charge in [0.15, 0.2) is 0 Å². The Hall–Kier alpha value is -0.770. The highest BCUT2D eigenvalue weighted by molar-refractivity contribution is 6.27. The van der Waals surface area contributed by atoms with Gasteiger partial charge >= 0.3 is 5.97 Å². The first-order valence-electron chi connectivity index (χ1n) is 4.06. The minimum atomic E-state index is -0.424. The Morgan fingerprint density at radius 2 is 2.08 bits per heavy atom. The number of hydrogen-bond donors (Lipinski definition) is 0. The molecule has 0 spiro atoms. The van der Waals surface area contributed by atoms with E-state index in [2.05, 4.69) is 4.74 Å². The highest BCUT2D eigenvalue weighted by Gasteiger charge is 2.14. The van der Waals surface area contributed by atoms with Crippen molar-refractivity contribution in [1.29, 1.82) is 0 Å². The van der Waals surface area contributed by atoms with Gasteiger partial charge in [0.2, 0.25) is 5.91 Å². The molecule has 13 heavy (non-hydrogen) atoms. The van der Waals surface area contributed by atoms with E-state index >= 15 is 0 Å². The second-order valence-corrected chi connectivity index (χ2v) is 2.79. The van der Waals surface area contributed by atoms with Gasteiger partial charge in [-0.15, -0.1) is 11.6 Å².